The van der Waals surface area contributed by atoms with Crippen LogP contribution in [0.25, 0.3) is 0 Å². The molecule has 1 saturated heterocycles. The van der Waals surface area contributed by atoms with Gasteiger partial charge >= 0.3 is 0 Å². The standard InChI is InChI=1S/C12H18N2O3/c1-14-5-4-9(7-14)13-6-8-2-3-10(15)12(17)11(8)16/h2-3,9,13,15-17H,4-7H2,1H3. The van der Waals surface area contributed by atoms with Crippen LogP contribution < -0.4 is 5.32 Å². The Hall–Kier alpha value is -1.46. The van der Waals surface area contributed by atoms with E-state index >= 15 is 0 Å². The summed E-state index contributed by atoms with van der Waals surface area (Å²) in [7, 11) is 2.07. The van der Waals surface area contributed by atoms with Crippen molar-refractivity contribution < 1.29 is 15.3 Å². The van der Waals surface area contributed by atoms with Gasteiger partial charge in [-0.15, -0.1) is 0 Å². The number of nitrogens with one attached hydrogen (secondary N) is 1. The van der Waals surface area contributed by atoms with Gasteiger partial charge < -0.3 is 25.5 Å². The third kappa shape index (κ3) is 2.62. The molecular formula is C12H18N2O3. The van der Waals surface area contributed by atoms with Gasteiger partial charge in [-0.05, 0) is 26.1 Å². The van der Waals surface area contributed by atoms with Crippen LogP contribution in [0.3, 0.4) is 0 Å². The Morgan fingerprint density at radius 2 is 2.06 bits per heavy atom. The molecular weight excluding hydrogens is 220 g/mol. The summed E-state index contributed by atoms with van der Waals surface area (Å²) in [6.45, 7) is 2.55. The molecule has 1 fully saturated rings. The van der Waals surface area contributed by atoms with Gasteiger partial charge in [-0.2, -0.15) is 0 Å². The number of likely N-dealkylation sites (N-methyl/N-ethyl adjacent to an activating group) is 1. The van der Waals surface area contributed by atoms with Gasteiger partial charge in [0.1, 0.15) is 0 Å². The lowest BCUT2D eigenvalue weighted by atomic mass is 10.1. The van der Waals surface area contributed by atoms with Gasteiger partial charge in [0.2, 0.25) is 5.75 Å². The zero-order valence-corrected chi connectivity index (χ0v) is 9.85. The van der Waals surface area contributed by atoms with E-state index in [1.54, 1.807) is 6.07 Å². The Morgan fingerprint density at radius 3 is 2.71 bits per heavy atom. The molecule has 0 aliphatic carbocycles. The van der Waals surface area contributed by atoms with E-state index in [1.807, 2.05) is 0 Å². The van der Waals surface area contributed by atoms with Crippen molar-refractivity contribution in [3.8, 4) is 17.2 Å². The fourth-order valence-corrected chi connectivity index (χ4v) is 2.11. The third-order valence-electron chi connectivity index (χ3n) is 3.19. The Labute approximate surface area is 100 Å². The molecule has 94 valence electrons. The van der Waals surface area contributed by atoms with Crippen LogP contribution in [-0.4, -0.2) is 46.4 Å². The average Bonchev–Trinajstić information content (AvgIpc) is 2.71. The molecule has 17 heavy (non-hydrogen) atoms. The predicted octanol–water partition coefficient (Wildman–Crippen LogP) is 0.597. The molecule has 1 aliphatic heterocycles. The fraction of sp³-hybridized carbons (Fsp3) is 0.500. The number of benzene rings is 1. The number of nitrogens with zero attached hydrogens (tertiary/aromatic N) is 1. The van der Waals surface area contributed by atoms with Gasteiger partial charge in [0.05, 0.1) is 0 Å². The molecule has 1 atom stereocenters. The largest absolute Gasteiger partial charge is 0.504 e. The minimum absolute atomic E-state index is 0.246. The van der Waals surface area contributed by atoms with Crippen LogP contribution in [0.2, 0.25) is 0 Å². The summed E-state index contributed by atoms with van der Waals surface area (Å²) in [5.41, 5.74) is 0.592. The predicted molar refractivity (Wildman–Crippen MR) is 64.2 cm³/mol. The molecule has 5 nitrogen and oxygen atoms in total. The average molecular weight is 238 g/mol. The number of phenolic OH excluding ortho intramolecular Hbond substituents is 3. The summed E-state index contributed by atoms with van der Waals surface area (Å²) in [4.78, 5) is 2.24. The highest BCUT2D eigenvalue weighted by molar-refractivity contribution is 5.53. The molecule has 5 heteroatoms. The third-order valence-corrected chi connectivity index (χ3v) is 3.19. The quantitative estimate of drug-likeness (QED) is 0.580. The van der Waals surface area contributed by atoms with E-state index in [9.17, 15) is 15.3 Å². The number of hydrogen-bond donors (Lipinski definition) is 4. The second kappa shape index (κ2) is 4.81. The lowest BCUT2D eigenvalue weighted by Crippen LogP contribution is -2.30. The van der Waals surface area contributed by atoms with Crippen LogP contribution in [0.4, 0.5) is 0 Å². The maximum atomic E-state index is 9.64. The minimum Gasteiger partial charge on any atom is -0.504 e. The van der Waals surface area contributed by atoms with Gasteiger partial charge in [-0.3, -0.25) is 0 Å². The molecule has 1 aliphatic rings. The number of hydrogen-bond acceptors (Lipinski definition) is 5. The molecule has 1 heterocycles. The first-order chi connectivity index (χ1) is 8.08. The first kappa shape index (κ1) is 12.0. The van der Waals surface area contributed by atoms with Crippen molar-refractivity contribution in [1.82, 2.24) is 10.2 Å². The molecule has 1 aromatic carbocycles. The highest BCUT2D eigenvalue weighted by Crippen LogP contribution is 2.36. The summed E-state index contributed by atoms with van der Waals surface area (Å²) >= 11 is 0. The highest BCUT2D eigenvalue weighted by Gasteiger charge is 2.19. The number of rotatable bonds is 3. The minimum atomic E-state index is -0.451. The van der Waals surface area contributed by atoms with Crippen LogP contribution in [0, 0.1) is 0 Å². The molecule has 0 bridgehead atoms. The van der Waals surface area contributed by atoms with Gasteiger partial charge in [0.25, 0.3) is 0 Å². The molecule has 0 aromatic heterocycles. The van der Waals surface area contributed by atoms with Crippen molar-refractivity contribution >= 4 is 0 Å². The highest BCUT2D eigenvalue weighted by atomic mass is 16.3. The fourth-order valence-electron chi connectivity index (χ4n) is 2.11. The van der Waals surface area contributed by atoms with Crippen LogP contribution in [-0.2, 0) is 6.54 Å². The summed E-state index contributed by atoms with van der Waals surface area (Å²) in [5, 5.41) is 31.6. The molecule has 1 aromatic rings. The summed E-state index contributed by atoms with van der Waals surface area (Å²) < 4.78 is 0. The van der Waals surface area contributed by atoms with E-state index in [0.717, 1.165) is 19.5 Å². The normalized spacial score (nSPS) is 20.9. The van der Waals surface area contributed by atoms with Crippen molar-refractivity contribution in [3.63, 3.8) is 0 Å². The maximum Gasteiger partial charge on any atom is 0.200 e. The Balaban J connectivity index is 1.97. The van der Waals surface area contributed by atoms with Crippen LogP contribution in [0.15, 0.2) is 12.1 Å². The number of likely N-dealkylation sites (tertiary alicyclic amines) is 1. The Morgan fingerprint density at radius 1 is 1.29 bits per heavy atom. The molecule has 2 rings (SSSR count). The second-order valence-electron chi connectivity index (χ2n) is 4.57. The van der Waals surface area contributed by atoms with Crippen LogP contribution >= 0.6 is 0 Å². The van der Waals surface area contributed by atoms with E-state index in [2.05, 4.69) is 17.3 Å². The Bertz CT molecular complexity index is 409. The lowest BCUT2D eigenvalue weighted by Gasteiger charge is -2.14. The lowest BCUT2D eigenvalue weighted by molar-refractivity contribution is 0.362. The van der Waals surface area contributed by atoms with E-state index in [0.29, 0.717) is 18.2 Å². The number of phenols is 3. The summed E-state index contributed by atoms with van der Waals surface area (Å²) in [6.07, 6.45) is 1.08. The smallest absolute Gasteiger partial charge is 0.200 e. The first-order valence-corrected chi connectivity index (χ1v) is 5.72. The second-order valence-corrected chi connectivity index (χ2v) is 4.57. The Kier molecular flexibility index (Phi) is 3.40. The first-order valence-electron chi connectivity index (χ1n) is 5.72. The SMILES string of the molecule is CN1CCC(NCc2ccc(O)c(O)c2O)C1. The zero-order valence-electron chi connectivity index (χ0n) is 9.85. The van der Waals surface area contributed by atoms with E-state index in [4.69, 9.17) is 0 Å². The van der Waals surface area contributed by atoms with Crippen molar-refractivity contribution in [2.75, 3.05) is 20.1 Å². The van der Waals surface area contributed by atoms with Gasteiger partial charge in [-0.1, -0.05) is 6.07 Å². The molecule has 0 amide bonds. The van der Waals surface area contributed by atoms with Gasteiger partial charge in [0, 0.05) is 24.7 Å². The van der Waals surface area contributed by atoms with Crippen LogP contribution in [0.1, 0.15) is 12.0 Å². The molecule has 4 N–H and O–H groups in total. The zero-order chi connectivity index (χ0) is 12.4. The molecule has 0 saturated carbocycles. The summed E-state index contributed by atoms with van der Waals surface area (Å²) in [5.74, 6) is -0.997. The van der Waals surface area contributed by atoms with Crippen molar-refractivity contribution in [2.45, 2.75) is 19.0 Å². The summed E-state index contributed by atoms with van der Waals surface area (Å²) in [6, 6.07) is 3.40. The van der Waals surface area contributed by atoms with Crippen molar-refractivity contribution in [1.29, 1.82) is 0 Å². The monoisotopic (exact) mass is 238 g/mol. The van der Waals surface area contributed by atoms with Crippen LogP contribution in [0.5, 0.6) is 17.2 Å². The maximum absolute atomic E-state index is 9.64. The number of aromatic hydroxyl groups is 3. The molecule has 1 unspecified atom stereocenters. The van der Waals surface area contributed by atoms with Gasteiger partial charge in [0.15, 0.2) is 11.5 Å². The molecule has 0 spiro atoms. The van der Waals surface area contributed by atoms with E-state index in [-0.39, 0.29) is 11.5 Å². The van der Waals surface area contributed by atoms with E-state index < -0.39 is 5.75 Å². The molecule has 0 radical (unpaired) electrons. The van der Waals surface area contributed by atoms with Crippen molar-refractivity contribution in [3.05, 3.63) is 17.7 Å². The van der Waals surface area contributed by atoms with E-state index in [1.165, 1.54) is 6.07 Å². The van der Waals surface area contributed by atoms with Crippen molar-refractivity contribution in [2.24, 2.45) is 0 Å². The topological polar surface area (TPSA) is 76.0 Å². The van der Waals surface area contributed by atoms with Gasteiger partial charge in [-0.25, -0.2) is 0 Å².